The predicted molar refractivity (Wildman–Crippen MR) is 263 cm³/mol. The van der Waals surface area contributed by atoms with Crippen LogP contribution in [0.15, 0.2) is 48.6 Å². The van der Waals surface area contributed by atoms with Crippen LogP contribution in [-0.4, -0.2) is 164 Å². The van der Waals surface area contributed by atoms with Crippen molar-refractivity contribution in [1.82, 2.24) is 0 Å². The molecule has 73 heavy (non-hydrogen) atoms. The van der Waals surface area contributed by atoms with E-state index in [2.05, 4.69) is 0 Å². The number of rotatable bonds is 15. The fourth-order valence-corrected chi connectivity index (χ4v) is 11.1. The Labute approximate surface area is 430 Å². The van der Waals surface area contributed by atoms with Crippen LogP contribution in [0, 0.1) is 47.3 Å². The van der Waals surface area contributed by atoms with E-state index >= 15 is 0 Å². The summed E-state index contributed by atoms with van der Waals surface area (Å²) in [7, 11) is 0. The third-order valence-corrected chi connectivity index (χ3v) is 16.0. The molecule has 4 saturated heterocycles. The van der Waals surface area contributed by atoms with Crippen molar-refractivity contribution in [3.05, 3.63) is 48.6 Å². The summed E-state index contributed by atoms with van der Waals surface area (Å²) in [6.45, 7) is 20.9. The minimum absolute atomic E-state index is 0.00290. The standard InChI is InChI=1S/C54H86O19/c1-13-36-33(10)73-54(64,25-40(36)68-43-23-38(55)47(61)34(11)65-43)31(8)46(60)29(6)50-27(4)20-16-18-21-41(57)69-49(26(3)19-15-17-22-42(58)70-50)28(5)45(59)30(7)52(63)72-53-51(37(14-2)32(9)67-53)71-44-24-39(56)48(62)35(12)66-44/h15-22,26-40,43-51,53,55-56,59-62,64H,13-14,23-25H2,1-12H3/t26-,27-,28-,29-,30-,31-,32-,33+,34-,35-,36+,37-,38-,39-,40+,43-,44-,45+,46+,47+,48+,49-,50-,51+,53+,54+/m0/s1. The number of allylic oxidation sites excluding steroid dienone is 4. The third-order valence-electron chi connectivity index (χ3n) is 16.0. The van der Waals surface area contributed by atoms with Crippen molar-refractivity contribution in [2.75, 3.05) is 0 Å². The van der Waals surface area contributed by atoms with E-state index in [0.29, 0.717) is 12.8 Å². The molecule has 0 aromatic rings. The van der Waals surface area contributed by atoms with Crippen LogP contribution in [0.4, 0.5) is 0 Å². The molecular weight excluding hydrogens is 953 g/mol. The van der Waals surface area contributed by atoms with Gasteiger partial charge in [-0.1, -0.05) is 84.9 Å². The highest BCUT2D eigenvalue weighted by atomic mass is 16.8. The maximum absolute atomic E-state index is 13.7. The Morgan fingerprint density at radius 1 is 0.671 bits per heavy atom. The van der Waals surface area contributed by atoms with Crippen LogP contribution in [0.2, 0.25) is 0 Å². The Bertz CT molecular complexity index is 1890. The normalized spacial score (nSPS) is 42.5. The molecule has 26 atom stereocenters. The number of carbonyl (C=O) groups excluding carboxylic acids is 3. The Balaban J connectivity index is 1.25. The zero-order chi connectivity index (χ0) is 54.2. The van der Waals surface area contributed by atoms with E-state index in [0.717, 1.165) is 0 Å². The van der Waals surface area contributed by atoms with Crippen molar-refractivity contribution in [3.8, 4) is 0 Å². The van der Waals surface area contributed by atoms with E-state index in [-0.39, 0.29) is 37.2 Å². The molecule has 5 rings (SSSR count). The minimum Gasteiger partial charge on any atom is -0.458 e. The van der Waals surface area contributed by atoms with Gasteiger partial charge in [-0.3, -0.25) is 4.79 Å². The van der Waals surface area contributed by atoms with Gasteiger partial charge >= 0.3 is 17.9 Å². The van der Waals surface area contributed by atoms with Crippen LogP contribution in [0.5, 0.6) is 0 Å². The van der Waals surface area contributed by atoms with Crippen molar-refractivity contribution in [2.45, 2.75) is 225 Å². The summed E-state index contributed by atoms with van der Waals surface area (Å²) in [5.74, 6) is -9.19. The lowest BCUT2D eigenvalue weighted by Gasteiger charge is -2.50. The molecule has 0 aliphatic carbocycles. The maximum Gasteiger partial charge on any atom is 0.331 e. The summed E-state index contributed by atoms with van der Waals surface area (Å²) in [6, 6.07) is 0. The first kappa shape index (κ1) is 60.7. The number of esters is 3. The highest BCUT2D eigenvalue weighted by molar-refractivity contribution is 5.83. The molecule has 5 aliphatic rings. The van der Waals surface area contributed by atoms with Gasteiger partial charge in [0.25, 0.3) is 0 Å². The summed E-state index contributed by atoms with van der Waals surface area (Å²) in [4.78, 5) is 40.6. The Morgan fingerprint density at radius 2 is 1.15 bits per heavy atom. The summed E-state index contributed by atoms with van der Waals surface area (Å²) in [5, 5.41) is 77.0. The minimum atomic E-state index is -1.88. The molecule has 0 radical (unpaired) electrons. The van der Waals surface area contributed by atoms with Crippen molar-refractivity contribution in [2.24, 2.45) is 47.3 Å². The van der Waals surface area contributed by atoms with Crippen molar-refractivity contribution >= 4 is 17.9 Å². The van der Waals surface area contributed by atoms with Crippen LogP contribution in [-0.2, 0) is 57.0 Å². The SMILES string of the molecule is CC[C@@H]1[C@@H](O[C@H]2C[C@H](O)[C@H](O)[C@H](C)O2)[C@@H](OC(=O)[C@@H](C)[C@H](O)[C@H](C)[C@H]2OC(=O)C=CC=C[C@H](C)[C@@H]([C@@H](C)[C@@H](O)[C@H](C)[C@@]3(O)C[C@@H](O[C@H]4C[C@H](O)[C@H](O)[C@H](C)O4)[C@H](CC)[C@@H](C)O3)OC(=O)C=CC=C[C@@H]2C)O[C@H]1C. The zero-order valence-electron chi connectivity index (χ0n) is 44.6. The Morgan fingerprint density at radius 3 is 1.63 bits per heavy atom. The van der Waals surface area contributed by atoms with E-state index in [1.807, 2.05) is 27.7 Å². The first-order valence-electron chi connectivity index (χ1n) is 26.4. The topological polar surface area (TPSA) is 276 Å². The van der Waals surface area contributed by atoms with Gasteiger partial charge in [-0.2, -0.15) is 0 Å². The van der Waals surface area contributed by atoms with Gasteiger partial charge < -0.3 is 78.4 Å². The number of aliphatic hydroxyl groups is 7. The van der Waals surface area contributed by atoms with Gasteiger partial charge in [-0.15, -0.1) is 0 Å². The summed E-state index contributed by atoms with van der Waals surface area (Å²) >= 11 is 0. The number of hydrogen-bond acceptors (Lipinski definition) is 19. The lowest BCUT2D eigenvalue weighted by molar-refractivity contribution is -0.344. The summed E-state index contributed by atoms with van der Waals surface area (Å²) in [5.41, 5.74) is 0. The molecule has 19 heteroatoms. The zero-order valence-corrected chi connectivity index (χ0v) is 44.6. The van der Waals surface area contributed by atoms with Gasteiger partial charge in [0, 0.05) is 72.8 Å². The van der Waals surface area contributed by atoms with E-state index in [1.54, 1.807) is 72.8 Å². The highest BCUT2D eigenvalue weighted by Gasteiger charge is 2.53. The summed E-state index contributed by atoms with van der Waals surface area (Å²) in [6.07, 6.45) is -2.14. The molecule has 0 bridgehead atoms. The van der Waals surface area contributed by atoms with Crippen molar-refractivity contribution in [3.63, 3.8) is 0 Å². The highest BCUT2D eigenvalue weighted by Crippen LogP contribution is 2.43. The average molecular weight is 1040 g/mol. The molecule has 4 fully saturated rings. The molecule has 0 aromatic heterocycles. The molecular formula is C54H86O19. The van der Waals surface area contributed by atoms with Crippen molar-refractivity contribution < 1.29 is 92.8 Å². The molecule has 0 unspecified atom stereocenters. The second kappa shape index (κ2) is 26.8. The smallest absolute Gasteiger partial charge is 0.331 e. The van der Waals surface area contributed by atoms with Gasteiger partial charge in [0.2, 0.25) is 6.29 Å². The Kier molecular flexibility index (Phi) is 22.2. The first-order chi connectivity index (χ1) is 34.3. The van der Waals surface area contributed by atoms with E-state index in [9.17, 15) is 50.1 Å². The van der Waals surface area contributed by atoms with Crippen LogP contribution >= 0.6 is 0 Å². The molecule has 0 saturated carbocycles. The van der Waals surface area contributed by atoms with Gasteiger partial charge in [-0.25, -0.2) is 9.59 Å². The summed E-state index contributed by atoms with van der Waals surface area (Å²) < 4.78 is 54.4. The third kappa shape index (κ3) is 15.1. The van der Waals surface area contributed by atoms with Gasteiger partial charge in [-0.05, 0) is 47.5 Å². The molecule has 7 N–H and O–H groups in total. The van der Waals surface area contributed by atoms with Crippen molar-refractivity contribution in [1.29, 1.82) is 0 Å². The van der Waals surface area contributed by atoms with Crippen LogP contribution < -0.4 is 0 Å². The number of ether oxygens (including phenoxy) is 9. The predicted octanol–water partition coefficient (Wildman–Crippen LogP) is 3.91. The molecule has 0 aromatic carbocycles. The second-order valence-corrected chi connectivity index (χ2v) is 21.4. The van der Waals surface area contributed by atoms with Gasteiger partial charge in [0.15, 0.2) is 18.4 Å². The van der Waals surface area contributed by atoms with E-state index in [4.69, 9.17) is 42.6 Å². The quantitative estimate of drug-likeness (QED) is 0.0905. The number of aliphatic hydroxyl groups excluding tert-OH is 6. The second-order valence-electron chi connectivity index (χ2n) is 21.4. The average Bonchev–Trinajstić information content (AvgIpc) is 3.63. The molecule has 0 amide bonds. The largest absolute Gasteiger partial charge is 0.458 e. The monoisotopic (exact) mass is 1040 g/mol. The number of carbonyl (C=O) groups is 3. The van der Waals surface area contributed by atoms with Gasteiger partial charge in [0.1, 0.15) is 30.5 Å². The van der Waals surface area contributed by atoms with Gasteiger partial charge in [0.05, 0.1) is 60.9 Å². The number of cyclic esters (lactones) is 2. The number of hydrogen-bond donors (Lipinski definition) is 7. The van der Waals surface area contributed by atoms with Crippen LogP contribution in [0.1, 0.15) is 115 Å². The fraction of sp³-hybridized carbons (Fsp3) is 0.796. The first-order valence-corrected chi connectivity index (χ1v) is 26.4. The maximum atomic E-state index is 13.7. The Hall–Kier alpha value is -3.15. The van der Waals surface area contributed by atoms with Crippen LogP contribution in [0.3, 0.4) is 0 Å². The lowest BCUT2D eigenvalue weighted by atomic mass is 9.76. The lowest BCUT2D eigenvalue weighted by Crippen LogP contribution is -2.59. The fourth-order valence-electron chi connectivity index (χ4n) is 11.1. The van der Waals surface area contributed by atoms with E-state index < -0.39 is 157 Å². The molecule has 19 nitrogen and oxygen atoms in total. The molecule has 5 aliphatic heterocycles. The van der Waals surface area contributed by atoms with Crippen LogP contribution in [0.25, 0.3) is 0 Å². The molecule has 0 spiro atoms. The molecule has 5 heterocycles. The molecule has 416 valence electrons. The van der Waals surface area contributed by atoms with E-state index in [1.165, 1.54) is 31.2 Å².